The third kappa shape index (κ3) is 5.27. The minimum atomic E-state index is -0.105. The predicted octanol–water partition coefficient (Wildman–Crippen LogP) is 3.35. The highest BCUT2D eigenvalue weighted by Gasteiger charge is 2.21. The predicted molar refractivity (Wildman–Crippen MR) is 128 cm³/mol. The smallest absolute Gasteiger partial charge is 0.252 e. The zero-order chi connectivity index (χ0) is 23.4. The molecule has 3 aromatic rings. The van der Waals surface area contributed by atoms with Crippen LogP contribution in [0.3, 0.4) is 0 Å². The Morgan fingerprint density at radius 3 is 2.70 bits per heavy atom. The number of benzene rings is 1. The zero-order valence-corrected chi connectivity index (χ0v) is 19.9. The van der Waals surface area contributed by atoms with E-state index < -0.39 is 0 Å². The fourth-order valence-electron chi connectivity index (χ4n) is 4.30. The molecular weight excluding hydrogens is 418 g/mol. The number of methoxy groups -OCH3 is 2. The van der Waals surface area contributed by atoms with Crippen molar-refractivity contribution < 1.29 is 14.3 Å². The first-order chi connectivity index (χ1) is 16.0. The molecule has 1 aliphatic heterocycles. The molecule has 8 heteroatoms. The Morgan fingerprint density at radius 2 is 1.97 bits per heavy atom. The Kier molecular flexibility index (Phi) is 7.13. The summed E-state index contributed by atoms with van der Waals surface area (Å²) in [7, 11) is 3.26. The molecule has 8 nitrogen and oxygen atoms in total. The van der Waals surface area contributed by atoms with Gasteiger partial charge in [-0.1, -0.05) is 6.92 Å². The summed E-state index contributed by atoms with van der Waals surface area (Å²) in [4.78, 5) is 19.7. The van der Waals surface area contributed by atoms with Gasteiger partial charge in [0.1, 0.15) is 11.5 Å². The van der Waals surface area contributed by atoms with Crippen molar-refractivity contribution in [1.82, 2.24) is 25.0 Å². The van der Waals surface area contributed by atoms with Gasteiger partial charge in [-0.25, -0.2) is 9.67 Å². The molecule has 1 amide bonds. The molecule has 1 aliphatic rings. The van der Waals surface area contributed by atoms with Gasteiger partial charge < -0.3 is 14.8 Å². The van der Waals surface area contributed by atoms with Crippen molar-refractivity contribution in [2.75, 3.05) is 33.9 Å². The monoisotopic (exact) mass is 451 g/mol. The highest BCUT2D eigenvalue weighted by atomic mass is 16.5. The number of carbonyl (C=O) groups is 1. The van der Waals surface area contributed by atoms with Gasteiger partial charge in [0.25, 0.3) is 5.91 Å². The number of aromatic nitrogens is 3. The van der Waals surface area contributed by atoms with Crippen LogP contribution in [0, 0.1) is 5.92 Å². The largest absolute Gasteiger partial charge is 0.497 e. The molecule has 0 spiro atoms. The van der Waals surface area contributed by atoms with E-state index in [1.165, 1.54) is 12.8 Å². The van der Waals surface area contributed by atoms with Crippen LogP contribution >= 0.6 is 0 Å². The zero-order valence-electron chi connectivity index (χ0n) is 19.9. The lowest BCUT2D eigenvalue weighted by Gasteiger charge is -2.35. The Balaban J connectivity index is 1.42. The summed E-state index contributed by atoms with van der Waals surface area (Å²) in [5.41, 5.74) is 2.23. The fourth-order valence-corrected chi connectivity index (χ4v) is 4.30. The Bertz CT molecular complexity index is 1100. The van der Waals surface area contributed by atoms with Gasteiger partial charge in [-0.15, -0.1) is 0 Å². The van der Waals surface area contributed by atoms with Crippen molar-refractivity contribution in [2.24, 2.45) is 5.92 Å². The first-order valence-corrected chi connectivity index (χ1v) is 11.5. The average Bonchev–Trinajstić information content (AvgIpc) is 3.24. The van der Waals surface area contributed by atoms with Crippen LogP contribution in [0.5, 0.6) is 11.5 Å². The highest BCUT2D eigenvalue weighted by Crippen LogP contribution is 2.26. The van der Waals surface area contributed by atoms with Crippen molar-refractivity contribution in [1.29, 1.82) is 0 Å². The number of rotatable bonds is 8. The number of hydrogen-bond acceptors (Lipinski definition) is 6. The lowest BCUT2D eigenvalue weighted by atomic mass is 9.98. The van der Waals surface area contributed by atoms with E-state index in [9.17, 15) is 4.79 Å². The van der Waals surface area contributed by atoms with Crippen molar-refractivity contribution in [3.05, 3.63) is 47.8 Å². The molecule has 0 bridgehead atoms. The summed E-state index contributed by atoms with van der Waals surface area (Å²) in [6.45, 7) is 7.81. The molecule has 1 atom stereocenters. The van der Waals surface area contributed by atoms with Crippen molar-refractivity contribution in [3.8, 4) is 11.5 Å². The number of nitrogens with one attached hydrogen (secondary N) is 1. The molecular formula is C25H33N5O3. The van der Waals surface area contributed by atoms with Gasteiger partial charge in [0.2, 0.25) is 0 Å². The molecule has 2 aromatic heterocycles. The minimum Gasteiger partial charge on any atom is -0.497 e. The lowest BCUT2D eigenvalue weighted by Crippen LogP contribution is -2.45. The Morgan fingerprint density at radius 1 is 1.18 bits per heavy atom. The number of likely N-dealkylation sites (tertiary alicyclic amines) is 1. The first kappa shape index (κ1) is 23.0. The van der Waals surface area contributed by atoms with Crippen molar-refractivity contribution in [3.63, 3.8) is 0 Å². The number of amides is 1. The van der Waals surface area contributed by atoms with Crippen LogP contribution < -0.4 is 14.8 Å². The summed E-state index contributed by atoms with van der Waals surface area (Å²) >= 11 is 0. The van der Waals surface area contributed by atoms with Crippen LogP contribution in [-0.4, -0.2) is 65.5 Å². The molecule has 1 saturated heterocycles. The van der Waals surface area contributed by atoms with Crippen molar-refractivity contribution in [2.45, 2.75) is 39.3 Å². The van der Waals surface area contributed by atoms with E-state index in [0.29, 0.717) is 24.7 Å². The second kappa shape index (κ2) is 10.2. The fraction of sp³-hybridized carbons (Fsp3) is 0.480. The molecule has 1 unspecified atom stereocenters. The van der Waals surface area contributed by atoms with Gasteiger partial charge in [0, 0.05) is 35.8 Å². The van der Waals surface area contributed by atoms with Crippen LogP contribution in [0.25, 0.3) is 11.0 Å². The molecule has 176 valence electrons. The maximum absolute atomic E-state index is 12.7. The molecule has 0 aliphatic carbocycles. The maximum Gasteiger partial charge on any atom is 0.252 e. The number of carbonyl (C=O) groups excluding carboxylic acids is 1. The van der Waals surface area contributed by atoms with Gasteiger partial charge in [-0.05, 0) is 57.0 Å². The molecule has 1 N–H and O–H groups in total. The molecule has 4 rings (SSSR count). The van der Waals surface area contributed by atoms with Gasteiger partial charge in [0.05, 0.1) is 32.5 Å². The average molecular weight is 452 g/mol. The van der Waals surface area contributed by atoms with E-state index >= 15 is 0 Å². The summed E-state index contributed by atoms with van der Waals surface area (Å²) in [5.74, 6) is 2.16. The quantitative estimate of drug-likeness (QED) is 0.566. The number of piperidine rings is 1. The first-order valence-electron chi connectivity index (χ1n) is 11.5. The third-order valence-electron chi connectivity index (χ3n) is 6.55. The number of pyridine rings is 1. The number of hydrogen-bond donors (Lipinski definition) is 1. The van der Waals surface area contributed by atoms with E-state index in [-0.39, 0.29) is 5.91 Å². The highest BCUT2D eigenvalue weighted by molar-refractivity contribution is 5.96. The molecule has 0 saturated carbocycles. The number of ether oxygens (including phenoxy) is 2. The van der Waals surface area contributed by atoms with Gasteiger partial charge in [-0.3, -0.25) is 9.69 Å². The van der Waals surface area contributed by atoms with E-state index in [0.717, 1.165) is 47.1 Å². The molecule has 33 heavy (non-hydrogen) atoms. The Hall–Kier alpha value is -3.13. The summed E-state index contributed by atoms with van der Waals surface area (Å²) < 4.78 is 12.6. The summed E-state index contributed by atoms with van der Waals surface area (Å²) in [6.07, 6.45) is 5.82. The SMILES string of the molecule is COc1ccc(Cn2ncc3cc(C(=O)NCC(C)N4CCC(C)CC4)cnc32)c(OC)c1. The number of fused-ring (bicyclic) bond motifs is 1. The van der Waals surface area contributed by atoms with Crippen LogP contribution in [0.1, 0.15) is 42.6 Å². The van der Waals surface area contributed by atoms with Crippen LogP contribution in [0.4, 0.5) is 0 Å². The van der Waals surface area contributed by atoms with E-state index in [1.807, 2.05) is 24.3 Å². The molecule has 1 fully saturated rings. The molecule has 3 heterocycles. The van der Waals surface area contributed by atoms with Crippen LogP contribution in [-0.2, 0) is 6.54 Å². The second-order valence-electron chi connectivity index (χ2n) is 8.89. The Labute approximate surface area is 194 Å². The lowest BCUT2D eigenvalue weighted by molar-refractivity contribution is 0.0921. The summed E-state index contributed by atoms with van der Waals surface area (Å²) in [5, 5.41) is 8.37. The van der Waals surface area contributed by atoms with E-state index in [2.05, 4.69) is 34.1 Å². The third-order valence-corrected chi connectivity index (χ3v) is 6.55. The standard InChI is InChI=1S/C25H33N5O3/c1-17-7-9-29(10-8-17)18(2)13-27-25(31)21-11-20-15-28-30(24(20)26-14-21)16-19-5-6-22(32-3)12-23(19)33-4/h5-6,11-12,14-15,17-18H,7-10,13,16H2,1-4H3,(H,27,31). The minimum absolute atomic E-state index is 0.105. The maximum atomic E-state index is 12.7. The van der Waals surface area contributed by atoms with Gasteiger partial charge >= 0.3 is 0 Å². The second-order valence-corrected chi connectivity index (χ2v) is 8.89. The normalized spacial score (nSPS) is 16.0. The summed E-state index contributed by atoms with van der Waals surface area (Å²) in [6, 6.07) is 7.87. The molecule has 0 radical (unpaired) electrons. The molecule has 1 aromatic carbocycles. The van der Waals surface area contributed by atoms with Gasteiger partial charge in [0.15, 0.2) is 5.65 Å². The van der Waals surface area contributed by atoms with Crippen LogP contribution in [0.2, 0.25) is 0 Å². The van der Waals surface area contributed by atoms with Gasteiger partial charge in [-0.2, -0.15) is 5.10 Å². The number of nitrogens with zero attached hydrogens (tertiary/aromatic N) is 4. The van der Waals surface area contributed by atoms with Crippen LogP contribution in [0.15, 0.2) is 36.7 Å². The van der Waals surface area contributed by atoms with E-state index in [4.69, 9.17) is 9.47 Å². The van der Waals surface area contributed by atoms with Crippen molar-refractivity contribution >= 4 is 16.9 Å². The topological polar surface area (TPSA) is 81.5 Å². The van der Waals surface area contributed by atoms with E-state index in [1.54, 1.807) is 31.3 Å².